The molecule has 110 valence electrons. The van der Waals surface area contributed by atoms with Crippen LogP contribution in [0.3, 0.4) is 0 Å². The molecule has 0 aliphatic heterocycles. The monoisotopic (exact) mass is 289 g/mol. The first-order valence-corrected chi connectivity index (χ1v) is 6.97. The SMILES string of the molecule is C=CCn1c(C2CC2)nc(-c2ccc(C(F)F)cc2)c1N. The number of allylic oxidation sites excluding steroid dienone is 1. The topological polar surface area (TPSA) is 43.8 Å². The van der Waals surface area contributed by atoms with Crippen LogP contribution in [0.1, 0.15) is 36.6 Å². The highest BCUT2D eigenvalue weighted by molar-refractivity contribution is 5.71. The van der Waals surface area contributed by atoms with Crippen molar-refractivity contribution < 1.29 is 8.78 Å². The lowest BCUT2D eigenvalue weighted by atomic mass is 10.1. The third-order valence-electron chi connectivity index (χ3n) is 3.73. The van der Waals surface area contributed by atoms with E-state index in [4.69, 9.17) is 5.73 Å². The molecule has 1 fully saturated rings. The second kappa shape index (κ2) is 5.31. The molecule has 3 nitrogen and oxygen atoms in total. The van der Waals surface area contributed by atoms with E-state index in [0.29, 0.717) is 24.0 Å². The van der Waals surface area contributed by atoms with Gasteiger partial charge in [-0.25, -0.2) is 13.8 Å². The molecule has 0 bridgehead atoms. The van der Waals surface area contributed by atoms with E-state index in [1.54, 1.807) is 18.2 Å². The second-order valence-corrected chi connectivity index (χ2v) is 5.30. The molecular weight excluding hydrogens is 272 g/mol. The Morgan fingerprint density at radius 1 is 1.33 bits per heavy atom. The number of alkyl halides is 2. The summed E-state index contributed by atoms with van der Waals surface area (Å²) in [6.07, 6.45) is 1.57. The molecule has 0 spiro atoms. The van der Waals surface area contributed by atoms with Gasteiger partial charge in [-0.05, 0) is 12.8 Å². The lowest BCUT2D eigenvalue weighted by Gasteiger charge is -2.06. The molecule has 1 saturated carbocycles. The molecule has 2 aromatic rings. The van der Waals surface area contributed by atoms with Crippen LogP contribution in [0, 0.1) is 0 Å². The van der Waals surface area contributed by atoms with Gasteiger partial charge in [-0.1, -0.05) is 30.3 Å². The smallest absolute Gasteiger partial charge is 0.263 e. The van der Waals surface area contributed by atoms with Gasteiger partial charge in [-0.2, -0.15) is 0 Å². The van der Waals surface area contributed by atoms with Crippen LogP contribution in [0.4, 0.5) is 14.6 Å². The van der Waals surface area contributed by atoms with Crippen LogP contribution < -0.4 is 5.73 Å². The van der Waals surface area contributed by atoms with Gasteiger partial charge in [0.15, 0.2) is 0 Å². The van der Waals surface area contributed by atoms with Crippen LogP contribution >= 0.6 is 0 Å². The summed E-state index contributed by atoms with van der Waals surface area (Å²) in [4.78, 5) is 4.64. The number of aromatic nitrogens is 2. The highest BCUT2D eigenvalue weighted by Crippen LogP contribution is 2.42. The lowest BCUT2D eigenvalue weighted by molar-refractivity contribution is 0.151. The summed E-state index contributed by atoms with van der Waals surface area (Å²) >= 11 is 0. The van der Waals surface area contributed by atoms with Gasteiger partial charge >= 0.3 is 0 Å². The molecule has 1 aromatic carbocycles. The van der Waals surface area contributed by atoms with Crippen LogP contribution in [-0.2, 0) is 6.54 Å². The Bertz CT molecular complexity index is 655. The summed E-state index contributed by atoms with van der Waals surface area (Å²) in [5, 5.41) is 0. The molecular formula is C16H17F2N3. The third-order valence-corrected chi connectivity index (χ3v) is 3.73. The number of rotatable bonds is 5. The Balaban J connectivity index is 2.01. The molecule has 21 heavy (non-hydrogen) atoms. The Morgan fingerprint density at radius 2 is 2.00 bits per heavy atom. The van der Waals surface area contributed by atoms with Crippen molar-refractivity contribution in [3.05, 3.63) is 48.3 Å². The fraction of sp³-hybridized carbons (Fsp3) is 0.312. The van der Waals surface area contributed by atoms with E-state index in [2.05, 4.69) is 11.6 Å². The zero-order chi connectivity index (χ0) is 15.0. The minimum Gasteiger partial charge on any atom is -0.383 e. The summed E-state index contributed by atoms with van der Waals surface area (Å²) in [7, 11) is 0. The number of imidazole rings is 1. The lowest BCUT2D eigenvalue weighted by Crippen LogP contribution is -2.05. The minimum atomic E-state index is -2.46. The Morgan fingerprint density at radius 3 is 2.52 bits per heavy atom. The van der Waals surface area contributed by atoms with E-state index in [1.807, 2.05) is 4.57 Å². The van der Waals surface area contributed by atoms with Crippen molar-refractivity contribution in [1.82, 2.24) is 9.55 Å². The second-order valence-electron chi connectivity index (χ2n) is 5.30. The fourth-order valence-corrected chi connectivity index (χ4v) is 2.46. The maximum Gasteiger partial charge on any atom is 0.263 e. The summed E-state index contributed by atoms with van der Waals surface area (Å²) in [6.45, 7) is 4.35. The summed E-state index contributed by atoms with van der Waals surface area (Å²) in [5.41, 5.74) is 7.63. The Kier molecular flexibility index (Phi) is 3.49. The van der Waals surface area contributed by atoms with Gasteiger partial charge in [-0.15, -0.1) is 6.58 Å². The number of hydrogen-bond donors (Lipinski definition) is 1. The van der Waals surface area contributed by atoms with E-state index in [0.717, 1.165) is 24.2 Å². The van der Waals surface area contributed by atoms with Gasteiger partial charge in [0.1, 0.15) is 17.3 Å². The molecule has 0 amide bonds. The van der Waals surface area contributed by atoms with Crippen LogP contribution in [0.15, 0.2) is 36.9 Å². The quantitative estimate of drug-likeness (QED) is 0.841. The molecule has 0 atom stereocenters. The molecule has 1 aliphatic carbocycles. The van der Waals surface area contributed by atoms with E-state index >= 15 is 0 Å². The number of nitrogens with zero attached hydrogens (tertiary/aromatic N) is 2. The van der Waals surface area contributed by atoms with E-state index in [1.165, 1.54) is 12.1 Å². The standard InChI is InChI=1S/C16H17F2N3/c1-2-9-21-15(19)13(20-16(21)12-7-8-12)10-3-5-11(6-4-10)14(17)18/h2-6,12,14H,1,7-9,19H2. The van der Waals surface area contributed by atoms with Crippen LogP contribution in [0.5, 0.6) is 0 Å². The first-order chi connectivity index (χ1) is 10.1. The number of anilines is 1. The first-order valence-electron chi connectivity index (χ1n) is 6.97. The van der Waals surface area contributed by atoms with Crippen LogP contribution in [0.25, 0.3) is 11.3 Å². The molecule has 1 heterocycles. The Labute approximate surface area is 122 Å². The highest BCUT2D eigenvalue weighted by Gasteiger charge is 2.30. The summed E-state index contributed by atoms with van der Waals surface area (Å²) in [5.74, 6) is 2.00. The van der Waals surface area contributed by atoms with Crippen molar-refractivity contribution in [2.24, 2.45) is 0 Å². The van der Waals surface area contributed by atoms with Crippen molar-refractivity contribution in [2.45, 2.75) is 31.7 Å². The van der Waals surface area contributed by atoms with Crippen molar-refractivity contribution >= 4 is 5.82 Å². The predicted octanol–water partition coefficient (Wildman–Crippen LogP) is 4.13. The first kappa shape index (κ1) is 13.8. The Hall–Kier alpha value is -2.17. The average Bonchev–Trinajstić information content (AvgIpc) is 3.26. The van der Waals surface area contributed by atoms with Crippen molar-refractivity contribution in [3.63, 3.8) is 0 Å². The number of benzene rings is 1. The predicted molar refractivity (Wildman–Crippen MR) is 79.2 cm³/mol. The van der Waals surface area contributed by atoms with Crippen molar-refractivity contribution in [1.29, 1.82) is 0 Å². The zero-order valence-electron chi connectivity index (χ0n) is 11.6. The third kappa shape index (κ3) is 2.55. The largest absolute Gasteiger partial charge is 0.383 e. The molecule has 0 unspecified atom stereocenters. The van der Waals surface area contributed by atoms with E-state index in [9.17, 15) is 8.78 Å². The number of halogens is 2. The van der Waals surface area contributed by atoms with Crippen molar-refractivity contribution in [3.8, 4) is 11.3 Å². The van der Waals surface area contributed by atoms with Crippen molar-refractivity contribution in [2.75, 3.05) is 5.73 Å². The molecule has 2 N–H and O–H groups in total. The van der Waals surface area contributed by atoms with Gasteiger partial charge in [0.25, 0.3) is 6.43 Å². The number of hydrogen-bond acceptors (Lipinski definition) is 2. The average molecular weight is 289 g/mol. The molecule has 5 heteroatoms. The summed E-state index contributed by atoms with van der Waals surface area (Å²) in [6, 6.07) is 6.13. The van der Waals surface area contributed by atoms with E-state index < -0.39 is 6.43 Å². The van der Waals surface area contributed by atoms with Gasteiger partial charge in [0.2, 0.25) is 0 Å². The molecule has 0 saturated heterocycles. The molecule has 0 radical (unpaired) electrons. The van der Waals surface area contributed by atoms with Gasteiger partial charge in [-0.3, -0.25) is 0 Å². The van der Waals surface area contributed by atoms with Crippen LogP contribution in [0.2, 0.25) is 0 Å². The number of nitrogen functional groups attached to an aromatic ring is 1. The molecule has 3 rings (SSSR count). The normalized spacial score (nSPS) is 14.6. The van der Waals surface area contributed by atoms with Gasteiger partial charge in [0.05, 0.1) is 0 Å². The number of nitrogens with two attached hydrogens (primary N) is 1. The maximum absolute atomic E-state index is 12.6. The molecule has 1 aliphatic rings. The van der Waals surface area contributed by atoms with Gasteiger partial charge < -0.3 is 10.3 Å². The van der Waals surface area contributed by atoms with Crippen LogP contribution in [-0.4, -0.2) is 9.55 Å². The minimum absolute atomic E-state index is 0.00487. The fourth-order valence-electron chi connectivity index (χ4n) is 2.46. The maximum atomic E-state index is 12.6. The van der Waals surface area contributed by atoms with E-state index in [-0.39, 0.29) is 5.56 Å². The highest BCUT2D eigenvalue weighted by atomic mass is 19.3. The van der Waals surface area contributed by atoms with Gasteiger partial charge in [0, 0.05) is 23.6 Å². The zero-order valence-corrected chi connectivity index (χ0v) is 11.6. The summed E-state index contributed by atoms with van der Waals surface area (Å²) < 4.78 is 27.2. The molecule has 1 aromatic heterocycles.